The van der Waals surface area contributed by atoms with E-state index < -0.39 is 9.84 Å². The first-order valence-corrected chi connectivity index (χ1v) is 11.5. The third-order valence-corrected chi connectivity index (χ3v) is 6.78. The number of halogens is 1. The fourth-order valence-corrected chi connectivity index (χ4v) is 5.06. The van der Waals surface area contributed by atoms with Crippen LogP contribution in [-0.2, 0) is 16.4 Å². The summed E-state index contributed by atoms with van der Waals surface area (Å²) in [4.78, 5) is 7.01. The van der Waals surface area contributed by atoms with Gasteiger partial charge in [0.25, 0.3) is 0 Å². The maximum atomic E-state index is 12.2. The van der Waals surface area contributed by atoms with E-state index in [2.05, 4.69) is 22.9 Å². The number of sulfone groups is 1. The molecule has 0 aliphatic carbocycles. The van der Waals surface area contributed by atoms with Crippen molar-refractivity contribution in [3.05, 3.63) is 46.2 Å². The summed E-state index contributed by atoms with van der Waals surface area (Å²) < 4.78 is 35.2. The van der Waals surface area contributed by atoms with Gasteiger partial charge in [-0.2, -0.15) is 0 Å². The van der Waals surface area contributed by atoms with Gasteiger partial charge in [0.2, 0.25) is 6.79 Å². The maximum Gasteiger partial charge on any atom is 0.231 e. The number of rotatable bonds is 4. The molecule has 0 spiro atoms. The topological polar surface area (TPSA) is 68.7 Å². The minimum atomic E-state index is -3.37. The summed E-state index contributed by atoms with van der Waals surface area (Å²) in [5.74, 6) is 1.73. The van der Waals surface area contributed by atoms with Crippen LogP contribution < -0.4 is 9.47 Å². The average Bonchev–Trinajstić information content (AvgIpc) is 3.09. The normalized spacial score (nSPS) is 17.8. The molecule has 4 rings (SSSR count). The van der Waals surface area contributed by atoms with E-state index >= 15 is 0 Å². The minimum Gasteiger partial charge on any atom is -0.454 e. The van der Waals surface area contributed by atoms with Crippen LogP contribution in [0.3, 0.4) is 0 Å². The molecule has 1 aromatic carbocycles. The van der Waals surface area contributed by atoms with Crippen molar-refractivity contribution in [2.45, 2.75) is 37.1 Å². The van der Waals surface area contributed by atoms with Gasteiger partial charge >= 0.3 is 0 Å². The highest BCUT2D eigenvalue weighted by Crippen LogP contribution is 2.36. The van der Waals surface area contributed by atoms with E-state index in [1.54, 1.807) is 0 Å². The Kier molecular flexibility index (Phi) is 5.24. The van der Waals surface area contributed by atoms with Crippen LogP contribution >= 0.6 is 11.6 Å². The summed E-state index contributed by atoms with van der Waals surface area (Å²) >= 11 is 5.98. The zero-order valence-electron chi connectivity index (χ0n) is 15.9. The number of piperidine rings is 1. The van der Waals surface area contributed by atoms with Crippen molar-refractivity contribution in [1.29, 1.82) is 0 Å². The summed E-state index contributed by atoms with van der Waals surface area (Å²) in [6.45, 7) is 4.96. The van der Waals surface area contributed by atoms with E-state index in [9.17, 15) is 8.42 Å². The van der Waals surface area contributed by atoms with Crippen molar-refractivity contribution in [2.75, 3.05) is 26.1 Å². The van der Waals surface area contributed by atoms with Crippen molar-refractivity contribution in [2.24, 2.45) is 0 Å². The molecular formula is C20H23ClN2O4S. The molecule has 6 nitrogen and oxygen atoms in total. The Hall–Kier alpha value is -1.83. The lowest BCUT2D eigenvalue weighted by Gasteiger charge is -2.32. The molecule has 0 unspecified atom stereocenters. The largest absolute Gasteiger partial charge is 0.454 e. The first-order chi connectivity index (χ1) is 13.3. The van der Waals surface area contributed by atoms with E-state index in [4.69, 9.17) is 21.1 Å². The van der Waals surface area contributed by atoms with Crippen molar-refractivity contribution in [1.82, 2.24) is 9.88 Å². The van der Waals surface area contributed by atoms with Crippen molar-refractivity contribution in [3.63, 3.8) is 0 Å². The highest BCUT2D eigenvalue weighted by atomic mass is 35.5. The molecule has 2 aliphatic rings. The number of fused-ring (bicyclic) bond motifs is 1. The predicted molar refractivity (Wildman–Crippen MR) is 107 cm³/mol. The zero-order valence-corrected chi connectivity index (χ0v) is 17.5. The predicted octanol–water partition coefficient (Wildman–Crippen LogP) is 3.56. The number of nitrogens with zero attached hydrogens (tertiary/aromatic N) is 2. The third kappa shape index (κ3) is 3.97. The Morgan fingerprint density at radius 3 is 2.54 bits per heavy atom. The molecule has 0 bridgehead atoms. The van der Waals surface area contributed by atoms with Crippen LogP contribution in [0.4, 0.5) is 0 Å². The number of ether oxygens (including phenoxy) is 2. The molecule has 1 aromatic heterocycles. The number of hydrogen-bond donors (Lipinski definition) is 0. The summed E-state index contributed by atoms with van der Waals surface area (Å²) in [6.07, 6.45) is 4.47. The quantitative estimate of drug-likeness (QED) is 0.750. The Labute approximate surface area is 170 Å². The van der Waals surface area contributed by atoms with E-state index in [1.165, 1.54) is 29.6 Å². The minimum absolute atomic E-state index is 0.121. The third-order valence-electron chi connectivity index (χ3n) is 5.45. The first-order valence-electron chi connectivity index (χ1n) is 9.28. The van der Waals surface area contributed by atoms with Crippen LogP contribution in [0.1, 0.15) is 35.6 Å². The number of aromatic nitrogens is 1. The van der Waals surface area contributed by atoms with Gasteiger partial charge in [-0.15, -0.1) is 0 Å². The molecule has 8 heteroatoms. The Balaban J connectivity index is 1.46. The standard InChI is InChI=1S/C20H23ClN2O4S/c1-13-7-17-18(27-12-26-17)8-15(13)11-23-5-3-14(4-6-23)20-19(28(2,24)25)9-16(21)10-22-20/h7-10,14H,3-6,11-12H2,1-2H3. The van der Waals surface area contributed by atoms with Crippen LogP contribution in [0.15, 0.2) is 29.3 Å². The lowest BCUT2D eigenvalue weighted by molar-refractivity contribution is 0.173. The van der Waals surface area contributed by atoms with Gasteiger partial charge in [0.15, 0.2) is 21.3 Å². The smallest absolute Gasteiger partial charge is 0.231 e. The van der Waals surface area contributed by atoms with Gasteiger partial charge in [0.1, 0.15) is 0 Å². The molecule has 0 amide bonds. The summed E-state index contributed by atoms with van der Waals surface area (Å²) in [7, 11) is -3.37. The molecule has 1 fully saturated rings. The molecule has 150 valence electrons. The van der Waals surface area contributed by atoms with Crippen LogP contribution in [0, 0.1) is 6.92 Å². The van der Waals surface area contributed by atoms with Crippen LogP contribution in [0.5, 0.6) is 11.5 Å². The molecular weight excluding hydrogens is 400 g/mol. The molecule has 0 saturated carbocycles. The summed E-state index contributed by atoms with van der Waals surface area (Å²) in [5, 5.41) is 0.347. The number of benzene rings is 1. The number of hydrogen-bond acceptors (Lipinski definition) is 6. The average molecular weight is 423 g/mol. The zero-order chi connectivity index (χ0) is 19.9. The SMILES string of the molecule is Cc1cc2c(cc1CN1CCC(c3ncc(Cl)cc3S(C)(=O)=O)CC1)OCO2. The second kappa shape index (κ2) is 7.54. The van der Waals surface area contributed by atoms with Gasteiger partial charge in [-0.25, -0.2) is 8.42 Å². The van der Waals surface area contributed by atoms with Gasteiger partial charge in [0.05, 0.1) is 15.6 Å². The molecule has 0 atom stereocenters. The fourth-order valence-electron chi connectivity index (χ4n) is 3.90. The highest BCUT2D eigenvalue weighted by molar-refractivity contribution is 7.90. The van der Waals surface area contributed by atoms with Crippen LogP contribution in [-0.4, -0.2) is 44.4 Å². The van der Waals surface area contributed by atoms with E-state index in [0.717, 1.165) is 44.0 Å². The first kappa shape index (κ1) is 19.5. The molecule has 0 N–H and O–H groups in total. The number of likely N-dealkylation sites (tertiary alicyclic amines) is 1. The Morgan fingerprint density at radius 2 is 1.86 bits per heavy atom. The summed E-state index contributed by atoms with van der Waals surface area (Å²) in [5.41, 5.74) is 3.06. The second-order valence-electron chi connectivity index (χ2n) is 7.49. The highest BCUT2D eigenvalue weighted by Gasteiger charge is 2.27. The Morgan fingerprint density at radius 1 is 1.18 bits per heavy atom. The van der Waals surface area contributed by atoms with Crippen LogP contribution in [0.25, 0.3) is 0 Å². The lowest BCUT2D eigenvalue weighted by Crippen LogP contribution is -2.33. The van der Waals surface area contributed by atoms with Crippen molar-refractivity contribution in [3.8, 4) is 11.5 Å². The van der Waals surface area contributed by atoms with Gasteiger partial charge < -0.3 is 9.47 Å². The van der Waals surface area contributed by atoms with E-state index in [1.807, 2.05) is 6.07 Å². The molecule has 3 heterocycles. The number of pyridine rings is 1. The van der Waals surface area contributed by atoms with Gasteiger partial charge in [0, 0.05) is 24.9 Å². The van der Waals surface area contributed by atoms with Crippen molar-refractivity contribution < 1.29 is 17.9 Å². The monoisotopic (exact) mass is 422 g/mol. The van der Waals surface area contributed by atoms with Gasteiger partial charge in [-0.05, 0) is 62.2 Å². The maximum absolute atomic E-state index is 12.2. The van der Waals surface area contributed by atoms with Crippen molar-refractivity contribution >= 4 is 21.4 Å². The van der Waals surface area contributed by atoms with E-state index in [-0.39, 0.29) is 17.6 Å². The lowest BCUT2D eigenvalue weighted by atomic mass is 9.92. The molecule has 1 saturated heterocycles. The van der Waals surface area contributed by atoms with Gasteiger partial charge in [-0.3, -0.25) is 9.88 Å². The molecule has 2 aliphatic heterocycles. The molecule has 2 aromatic rings. The fraction of sp³-hybridized carbons (Fsp3) is 0.450. The van der Waals surface area contributed by atoms with E-state index in [0.29, 0.717) is 10.7 Å². The van der Waals surface area contributed by atoms with Gasteiger partial charge in [-0.1, -0.05) is 11.6 Å². The molecule has 0 radical (unpaired) electrons. The number of aryl methyl sites for hydroxylation is 1. The Bertz CT molecular complexity index is 1000. The second-order valence-corrected chi connectivity index (χ2v) is 9.91. The van der Waals surface area contributed by atoms with Crippen LogP contribution in [0.2, 0.25) is 5.02 Å². The summed E-state index contributed by atoms with van der Waals surface area (Å²) in [6, 6.07) is 5.61. The molecule has 28 heavy (non-hydrogen) atoms.